The lowest BCUT2D eigenvalue weighted by Gasteiger charge is -2.27. The molecule has 16 heavy (non-hydrogen) atoms. The van der Waals surface area contributed by atoms with Gasteiger partial charge in [-0.05, 0) is 19.3 Å². The van der Waals surface area contributed by atoms with Crippen LogP contribution in [0, 0.1) is 5.41 Å². The van der Waals surface area contributed by atoms with Gasteiger partial charge in [-0.15, -0.1) is 0 Å². The van der Waals surface area contributed by atoms with Crippen LogP contribution in [0.25, 0.3) is 0 Å². The minimum Gasteiger partial charge on any atom is -0.396 e. The van der Waals surface area contributed by atoms with Crippen molar-refractivity contribution in [2.24, 2.45) is 11.1 Å². The molecule has 1 rings (SSSR count). The maximum atomic E-state index is 11.6. The van der Waals surface area contributed by atoms with Crippen molar-refractivity contribution in [1.82, 2.24) is 5.32 Å². The standard InChI is InChI=1S/C12H24N2O2/c1-2-5-10(13)11(16)14-8-12(9-15)6-3-4-7-12/h10,15H,2-9,13H2,1H3,(H,14,16)/t10-/m1/s1. The fourth-order valence-electron chi connectivity index (χ4n) is 2.36. The van der Waals surface area contributed by atoms with Gasteiger partial charge in [-0.3, -0.25) is 4.79 Å². The van der Waals surface area contributed by atoms with Crippen LogP contribution in [0.1, 0.15) is 45.4 Å². The van der Waals surface area contributed by atoms with E-state index in [0.717, 1.165) is 38.5 Å². The van der Waals surface area contributed by atoms with E-state index in [4.69, 9.17) is 5.73 Å². The molecule has 1 saturated carbocycles. The van der Waals surface area contributed by atoms with Gasteiger partial charge in [0.15, 0.2) is 0 Å². The summed E-state index contributed by atoms with van der Waals surface area (Å²) in [4.78, 5) is 11.6. The number of carbonyl (C=O) groups is 1. The summed E-state index contributed by atoms with van der Waals surface area (Å²) in [6, 6.07) is -0.401. The monoisotopic (exact) mass is 228 g/mol. The Labute approximate surface area is 97.6 Å². The molecule has 4 nitrogen and oxygen atoms in total. The minimum atomic E-state index is -0.401. The van der Waals surface area contributed by atoms with Gasteiger partial charge in [0.25, 0.3) is 0 Å². The van der Waals surface area contributed by atoms with E-state index in [1.54, 1.807) is 0 Å². The van der Waals surface area contributed by atoms with E-state index in [1.165, 1.54) is 0 Å². The maximum absolute atomic E-state index is 11.6. The average Bonchev–Trinajstić information content (AvgIpc) is 2.75. The number of carbonyl (C=O) groups excluding carboxylic acids is 1. The van der Waals surface area contributed by atoms with Crippen LogP contribution in [0.5, 0.6) is 0 Å². The highest BCUT2D eigenvalue weighted by molar-refractivity contribution is 5.81. The zero-order valence-electron chi connectivity index (χ0n) is 10.2. The Hall–Kier alpha value is -0.610. The summed E-state index contributed by atoms with van der Waals surface area (Å²) in [5.41, 5.74) is 5.64. The van der Waals surface area contributed by atoms with Crippen molar-refractivity contribution in [3.8, 4) is 0 Å². The van der Waals surface area contributed by atoms with Gasteiger partial charge in [0.1, 0.15) is 0 Å². The summed E-state index contributed by atoms with van der Waals surface area (Å²) in [6.07, 6.45) is 5.95. The fourth-order valence-corrected chi connectivity index (χ4v) is 2.36. The number of hydrogen-bond donors (Lipinski definition) is 3. The molecule has 0 saturated heterocycles. The predicted molar refractivity (Wildman–Crippen MR) is 63.9 cm³/mol. The topological polar surface area (TPSA) is 75.4 Å². The summed E-state index contributed by atoms with van der Waals surface area (Å²) in [5, 5.41) is 12.3. The van der Waals surface area contributed by atoms with Crippen LogP contribution in [-0.4, -0.2) is 30.2 Å². The van der Waals surface area contributed by atoms with E-state index >= 15 is 0 Å². The second kappa shape index (κ2) is 6.21. The van der Waals surface area contributed by atoms with Gasteiger partial charge in [0, 0.05) is 12.0 Å². The van der Waals surface area contributed by atoms with Crippen molar-refractivity contribution < 1.29 is 9.90 Å². The lowest BCUT2D eigenvalue weighted by atomic mass is 9.87. The number of aliphatic hydroxyl groups excluding tert-OH is 1. The lowest BCUT2D eigenvalue weighted by molar-refractivity contribution is -0.123. The Morgan fingerprint density at radius 3 is 2.62 bits per heavy atom. The molecule has 0 spiro atoms. The number of hydrogen-bond acceptors (Lipinski definition) is 3. The van der Waals surface area contributed by atoms with Crippen LogP contribution >= 0.6 is 0 Å². The molecule has 0 bridgehead atoms. The number of rotatable bonds is 6. The third-order valence-corrected chi connectivity index (χ3v) is 3.57. The molecule has 1 amide bonds. The molecule has 1 aliphatic carbocycles. The van der Waals surface area contributed by atoms with Crippen LogP contribution in [-0.2, 0) is 4.79 Å². The summed E-state index contributed by atoms with van der Waals surface area (Å²) in [6.45, 7) is 2.75. The molecule has 1 fully saturated rings. The first-order valence-electron chi connectivity index (χ1n) is 6.28. The van der Waals surface area contributed by atoms with Crippen molar-refractivity contribution in [1.29, 1.82) is 0 Å². The van der Waals surface area contributed by atoms with Gasteiger partial charge in [-0.25, -0.2) is 0 Å². The maximum Gasteiger partial charge on any atom is 0.236 e. The van der Waals surface area contributed by atoms with E-state index in [2.05, 4.69) is 5.32 Å². The van der Waals surface area contributed by atoms with E-state index in [-0.39, 0.29) is 17.9 Å². The highest BCUT2D eigenvalue weighted by atomic mass is 16.3. The van der Waals surface area contributed by atoms with E-state index in [9.17, 15) is 9.90 Å². The minimum absolute atomic E-state index is 0.0818. The normalized spacial score (nSPS) is 20.7. The van der Waals surface area contributed by atoms with Crippen LogP contribution in [0.15, 0.2) is 0 Å². The zero-order valence-corrected chi connectivity index (χ0v) is 10.2. The van der Waals surface area contributed by atoms with Gasteiger partial charge in [0.2, 0.25) is 5.91 Å². The smallest absolute Gasteiger partial charge is 0.236 e. The molecule has 0 radical (unpaired) electrons. The van der Waals surface area contributed by atoms with Gasteiger partial charge >= 0.3 is 0 Å². The first kappa shape index (κ1) is 13.5. The molecule has 0 aromatic rings. The Morgan fingerprint density at radius 2 is 2.12 bits per heavy atom. The Kier molecular flexibility index (Phi) is 5.22. The van der Waals surface area contributed by atoms with E-state index in [0.29, 0.717) is 6.54 Å². The van der Waals surface area contributed by atoms with Crippen molar-refractivity contribution in [3.63, 3.8) is 0 Å². The molecule has 1 atom stereocenters. The van der Waals surface area contributed by atoms with E-state index in [1.807, 2.05) is 6.92 Å². The Morgan fingerprint density at radius 1 is 1.50 bits per heavy atom. The van der Waals surface area contributed by atoms with Crippen molar-refractivity contribution in [2.45, 2.75) is 51.5 Å². The fraction of sp³-hybridized carbons (Fsp3) is 0.917. The number of nitrogens with one attached hydrogen (secondary N) is 1. The number of amides is 1. The van der Waals surface area contributed by atoms with Crippen LogP contribution in [0.2, 0.25) is 0 Å². The number of aliphatic hydroxyl groups is 1. The largest absolute Gasteiger partial charge is 0.396 e. The van der Waals surface area contributed by atoms with Gasteiger partial charge in [-0.1, -0.05) is 26.2 Å². The van der Waals surface area contributed by atoms with Crippen LogP contribution < -0.4 is 11.1 Å². The second-order valence-corrected chi connectivity index (χ2v) is 4.98. The lowest BCUT2D eigenvalue weighted by Crippen LogP contribution is -2.45. The van der Waals surface area contributed by atoms with Crippen molar-refractivity contribution in [3.05, 3.63) is 0 Å². The Bertz CT molecular complexity index is 225. The molecular formula is C12H24N2O2. The predicted octanol–water partition coefficient (Wildman–Crippen LogP) is 0.783. The van der Waals surface area contributed by atoms with E-state index < -0.39 is 6.04 Å². The third-order valence-electron chi connectivity index (χ3n) is 3.57. The molecule has 0 heterocycles. The molecule has 4 heteroatoms. The Balaban J connectivity index is 2.35. The summed E-state index contributed by atoms with van der Waals surface area (Å²) in [7, 11) is 0. The van der Waals surface area contributed by atoms with Gasteiger partial charge in [-0.2, -0.15) is 0 Å². The van der Waals surface area contributed by atoms with Gasteiger partial charge in [0.05, 0.1) is 12.6 Å². The first-order chi connectivity index (χ1) is 7.63. The van der Waals surface area contributed by atoms with Crippen molar-refractivity contribution >= 4 is 5.91 Å². The molecule has 1 aliphatic rings. The van der Waals surface area contributed by atoms with Crippen LogP contribution in [0.3, 0.4) is 0 Å². The quantitative estimate of drug-likeness (QED) is 0.629. The number of nitrogens with two attached hydrogens (primary N) is 1. The van der Waals surface area contributed by atoms with Gasteiger partial charge < -0.3 is 16.2 Å². The van der Waals surface area contributed by atoms with Crippen molar-refractivity contribution in [2.75, 3.05) is 13.2 Å². The first-order valence-corrected chi connectivity index (χ1v) is 6.28. The average molecular weight is 228 g/mol. The summed E-state index contributed by atoms with van der Waals surface area (Å²) < 4.78 is 0. The van der Waals surface area contributed by atoms with Crippen LogP contribution in [0.4, 0.5) is 0 Å². The summed E-state index contributed by atoms with van der Waals surface area (Å²) in [5.74, 6) is -0.0819. The zero-order chi connectivity index (χ0) is 12.0. The third kappa shape index (κ3) is 3.46. The molecule has 4 N–H and O–H groups in total. The molecular weight excluding hydrogens is 204 g/mol. The SMILES string of the molecule is CCC[C@@H](N)C(=O)NCC1(CO)CCCC1. The summed E-state index contributed by atoms with van der Waals surface area (Å²) >= 11 is 0. The molecule has 0 aliphatic heterocycles. The second-order valence-electron chi connectivity index (χ2n) is 4.98. The highest BCUT2D eigenvalue weighted by Gasteiger charge is 2.33. The highest BCUT2D eigenvalue weighted by Crippen LogP contribution is 2.36. The molecule has 94 valence electrons. The molecule has 0 aromatic carbocycles. The molecule has 0 aromatic heterocycles. The molecule has 0 unspecified atom stereocenters.